The van der Waals surface area contributed by atoms with Gasteiger partial charge in [-0.15, -0.1) is 0 Å². The summed E-state index contributed by atoms with van der Waals surface area (Å²) >= 11 is 0. The van der Waals surface area contributed by atoms with Gasteiger partial charge in [-0.1, -0.05) is 60.7 Å². The highest BCUT2D eigenvalue weighted by molar-refractivity contribution is 7.86. The molecule has 3 aromatic rings. The van der Waals surface area contributed by atoms with E-state index in [2.05, 4.69) is 67.7 Å². The van der Waals surface area contributed by atoms with Gasteiger partial charge >= 0.3 is 0 Å². The summed E-state index contributed by atoms with van der Waals surface area (Å²) in [5.41, 5.74) is 13.4. The summed E-state index contributed by atoms with van der Waals surface area (Å²) in [5.74, 6) is 0. The van der Waals surface area contributed by atoms with Gasteiger partial charge in [0.25, 0.3) is 0 Å². The van der Waals surface area contributed by atoms with E-state index in [1.54, 1.807) is 0 Å². The van der Waals surface area contributed by atoms with Crippen molar-refractivity contribution in [3.05, 3.63) is 90.0 Å². The summed E-state index contributed by atoms with van der Waals surface area (Å²) in [4.78, 5) is 1.04. The summed E-state index contributed by atoms with van der Waals surface area (Å²) in [5, 5.41) is 0. The lowest BCUT2D eigenvalue weighted by atomic mass is 10.2. The van der Waals surface area contributed by atoms with E-state index in [1.165, 1.54) is 28.2 Å². The summed E-state index contributed by atoms with van der Waals surface area (Å²) in [6.45, 7) is 2.16. The van der Waals surface area contributed by atoms with Gasteiger partial charge in [-0.05, 0) is 18.2 Å². The Balaban J connectivity index is 0.000000209. The highest BCUT2D eigenvalue weighted by atomic mass is 32.2. The summed E-state index contributed by atoms with van der Waals surface area (Å²) in [6, 6.07) is 25.0. The molecule has 7 heteroatoms. The average molecular weight is 400 g/mol. The lowest BCUT2D eigenvalue weighted by Crippen LogP contribution is -3.06. The Morgan fingerprint density at radius 2 is 1.29 bits per heavy atom. The first kappa shape index (κ1) is 21.4. The third-order valence-corrected chi connectivity index (χ3v) is 4.90. The van der Waals surface area contributed by atoms with Crippen LogP contribution in [0.2, 0.25) is 0 Å². The van der Waals surface area contributed by atoms with Crippen LogP contribution in [0.15, 0.2) is 83.8 Å². The summed E-state index contributed by atoms with van der Waals surface area (Å²) in [7, 11) is -2.27. The number of hydrogen-bond acceptors (Lipinski definition) is 5. The standard InChI is InChI=1S/C15H17N.C6H8N2O3S/c1-16(12-14-8-4-2-5-9-14)13-15-10-6-3-7-11-15;7-4-1-2-5(8)6(3-4)12(9,10)11/h2-11H,12-13H2,1H3;1-3H,7-8H2,(H,9,10,11). The van der Waals surface area contributed by atoms with Crippen molar-refractivity contribution in [3.63, 3.8) is 0 Å². The zero-order valence-electron chi connectivity index (χ0n) is 15.7. The first-order valence-corrected chi connectivity index (χ1v) is 10.2. The third kappa shape index (κ3) is 7.03. The normalized spacial score (nSPS) is 11.0. The molecule has 0 aromatic heterocycles. The molecule has 0 unspecified atom stereocenters. The Morgan fingerprint density at radius 3 is 1.68 bits per heavy atom. The van der Waals surface area contributed by atoms with Crippen LogP contribution in [0, 0.1) is 0 Å². The fourth-order valence-corrected chi connectivity index (χ4v) is 3.36. The molecule has 148 valence electrons. The van der Waals surface area contributed by atoms with E-state index in [0.29, 0.717) is 0 Å². The largest absolute Gasteiger partial charge is 0.744 e. The van der Waals surface area contributed by atoms with Crippen LogP contribution in [0.25, 0.3) is 0 Å². The maximum absolute atomic E-state index is 10.5. The maximum Gasteiger partial charge on any atom is 0.126 e. The molecular weight excluding hydrogens is 374 g/mol. The van der Waals surface area contributed by atoms with Gasteiger partial charge in [-0.2, -0.15) is 0 Å². The highest BCUT2D eigenvalue weighted by Crippen LogP contribution is 2.20. The number of hydrogen-bond donors (Lipinski definition) is 3. The minimum atomic E-state index is -4.51. The Labute approximate surface area is 166 Å². The molecule has 0 bridgehead atoms. The van der Waals surface area contributed by atoms with E-state index in [1.807, 2.05) is 0 Å². The predicted octanol–water partition coefficient (Wildman–Crippen LogP) is 1.66. The predicted molar refractivity (Wildman–Crippen MR) is 110 cm³/mol. The zero-order valence-corrected chi connectivity index (χ0v) is 16.5. The SMILES string of the molecule is C[NH+](Cc1ccccc1)Cc1ccccc1.Nc1ccc(N)c(S(=O)(=O)[O-])c1. The molecule has 0 heterocycles. The van der Waals surface area contributed by atoms with Crippen molar-refractivity contribution in [1.82, 2.24) is 0 Å². The van der Waals surface area contributed by atoms with E-state index in [0.717, 1.165) is 19.2 Å². The van der Waals surface area contributed by atoms with Crippen LogP contribution in [0.5, 0.6) is 0 Å². The van der Waals surface area contributed by atoms with Crippen LogP contribution in [0.1, 0.15) is 11.1 Å². The molecular formula is C21H25N3O3S. The summed E-state index contributed by atoms with van der Waals surface area (Å²) in [6.07, 6.45) is 0. The number of quaternary nitrogens is 1. The minimum absolute atomic E-state index is 0.0841. The van der Waals surface area contributed by atoms with Gasteiger partial charge in [-0.3, -0.25) is 0 Å². The summed E-state index contributed by atoms with van der Waals surface area (Å²) < 4.78 is 31.5. The molecule has 6 nitrogen and oxygen atoms in total. The number of nitrogen functional groups attached to an aromatic ring is 2. The quantitative estimate of drug-likeness (QED) is 0.446. The molecule has 5 N–H and O–H groups in total. The minimum Gasteiger partial charge on any atom is -0.744 e. The van der Waals surface area contributed by atoms with Crippen molar-refractivity contribution in [1.29, 1.82) is 0 Å². The van der Waals surface area contributed by atoms with Gasteiger partial charge in [0.2, 0.25) is 0 Å². The second-order valence-corrected chi connectivity index (χ2v) is 7.88. The monoisotopic (exact) mass is 399 g/mol. The number of nitrogens with two attached hydrogens (primary N) is 2. The Hall–Kier alpha value is -2.87. The molecule has 3 rings (SSSR count). The molecule has 28 heavy (non-hydrogen) atoms. The Morgan fingerprint density at radius 1 is 0.821 bits per heavy atom. The van der Waals surface area contributed by atoms with Crippen LogP contribution in [0.4, 0.5) is 11.4 Å². The van der Waals surface area contributed by atoms with Gasteiger partial charge in [0, 0.05) is 22.5 Å². The molecule has 0 aliphatic carbocycles. The number of benzene rings is 3. The van der Waals surface area contributed by atoms with Crippen molar-refractivity contribution >= 4 is 21.5 Å². The van der Waals surface area contributed by atoms with Crippen molar-refractivity contribution in [2.24, 2.45) is 0 Å². The number of nitrogens with one attached hydrogen (secondary N) is 1. The van der Waals surface area contributed by atoms with Crippen molar-refractivity contribution in [2.45, 2.75) is 18.0 Å². The van der Waals surface area contributed by atoms with Crippen LogP contribution in [0.3, 0.4) is 0 Å². The number of rotatable bonds is 5. The van der Waals surface area contributed by atoms with Crippen LogP contribution < -0.4 is 16.4 Å². The lowest BCUT2D eigenvalue weighted by Gasteiger charge is -2.13. The second-order valence-electron chi connectivity index (χ2n) is 6.53. The molecule has 0 fully saturated rings. The van der Waals surface area contributed by atoms with Gasteiger partial charge in [0.15, 0.2) is 0 Å². The lowest BCUT2D eigenvalue weighted by molar-refractivity contribution is -0.907. The molecule has 0 saturated carbocycles. The maximum atomic E-state index is 10.5. The molecule has 0 atom stereocenters. The van der Waals surface area contributed by atoms with Crippen LogP contribution >= 0.6 is 0 Å². The van der Waals surface area contributed by atoms with E-state index < -0.39 is 15.0 Å². The van der Waals surface area contributed by atoms with E-state index in [4.69, 9.17) is 11.5 Å². The fourth-order valence-electron chi connectivity index (χ4n) is 2.72. The molecule has 0 radical (unpaired) electrons. The first-order chi connectivity index (χ1) is 13.3. The van der Waals surface area contributed by atoms with Crippen molar-refractivity contribution in [3.8, 4) is 0 Å². The van der Waals surface area contributed by atoms with Crippen molar-refractivity contribution < 1.29 is 17.9 Å². The topological polar surface area (TPSA) is 114 Å². The van der Waals surface area contributed by atoms with Crippen LogP contribution in [-0.4, -0.2) is 20.0 Å². The molecule has 0 amide bonds. The number of anilines is 2. The fraction of sp³-hybridized carbons (Fsp3) is 0.143. The van der Waals surface area contributed by atoms with Gasteiger partial charge < -0.3 is 20.9 Å². The second kappa shape index (κ2) is 9.89. The molecule has 0 aliphatic rings. The smallest absolute Gasteiger partial charge is 0.126 e. The van der Waals surface area contributed by atoms with Gasteiger partial charge in [0.1, 0.15) is 23.2 Å². The molecule has 0 saturated heterocycles. The van der Waals surface area contributed by atoms with Crippen molar-refractivity contribution in [2.75, 3.05) is 18.5 Å². The van der Waals surface area contributed by atoms with E-state index in [9.17, 15) is 13.0 Å². The zero-order chi connectivity index (χ0) is 20.6. The van der Waals surface area contributed by atoms with E-state index >= 15 is 0 Å². The van der Waals surface area contributed by atoms with E-state index in [-0.39, 0.29) is 11.4 Å². The van der Waals surface area contributed by atoms with Gasteiger partial charge in [-0.25, -0.2) is 8.42 Å². The van der Waals surface area contributed by atoms with Crippen LogP contribution in [-0.2, 0) is 23.2 Å². The molecule has 3 aromatic carbocycles. The Bertz CT molecular complexity index is 937. The highest BCUT2D eigenvalue weighted by Gasteiger charge is 2.06. The third-order valence-electron chi connectivity index (χ3n) is 4.00. The molecule has 0 aliphatic heterocycles. The Kier molecular flexibility index (Phi) is 7.57. The average Bonchev–Trinajstić information content (AvgIpc) is 2.65. The molecule has 0 spiro atoms. The first-order valence-electron chi connectivity index (χ1n) is 8.76. The van der Waals surface area contributed by atoms with Gasteiger partial charge in [0.05, 0.1) is 11.9 Å².